The molecule has 0 unspecified atom stereocenters. The molecule has 1 aromatic carbocycles. The maximum absolute atomic E-state index is 5.50. The predicted molar refractivity (Wildman–Crippen MR) is 51.7 cm³/mol. The van der Waals surface area contributed by atoms with Crippen molar-refractivity contribution >= 4 is 0 Å². The highest BCUT2D eigenvalue weighted by Gasteiger charge is 2.03. The van der Waals surface area contributed by atoms with Crippen molar-refractivity contribution in [3.8, 4) is 17.4 Å². The average Bonchev–Trinajstić information content (AvgIpc) is 2.71. The second-order valence-electron chi connectivity index (χ2n) is 2.67. The van der Waals surface area contributed by atoms with Crippen LogP contribution in [0.1, 0.15) is 0 Å². The third-order valence-corrected chi connectivity index (χ3v) is 1.76. The van der Waals surface area contributed by atoms with Crippen molar-refractivity contribution in [2.24, 2.45) is 0 Å². The molecule has 2 rings (SSSR count). The van der Waals surface area contributed by atoms with E-state index in [0.29, 0.717) is 17.4 Å². The van der Waals surface area contributed by atoms with E-state index in [-0.39, 0.29) is 0 Å². The van der Waals surface area contributed by atoms with Gasteiger partial charge in [-0.2, -0.15) is 5.10 Å². The fourth-order valence-electron chi connectivity index (χ4n) is 1.12. The number of H-pyrrole nitrogens is 1. The monoisotopic (exact) mass is 190 g/mol. The van der Waals surface area contributed by atoms with Gasteiger partial charge in [-0.25, -0.2) is 5.10 Å². The quantitative estimate of drug-likeness (QED) is 0.807. The molecule has 0 bridgehead atoms. The summed E-state index contributed by atoms with van der Waals surface area (Å²) in [4.78, 5) is 0. The Morgan fingerprint density at radius 2 is 1.93 bits per heavy atom. The van der Waals surface area contributed by atoms with E-state index < -0.39 is 0 Å². The third-order valence-electron chi connectivity index (χ3n) is 1.76. The first-order valence-electron chi connectivity index (χ1n) is 4.20. The van der Waals surface area contributed by atoms with Crippen LogP contribution < -0.4 is 9.47 Å². The van der Waals surface area contributed by atoms with Gasteiger partial charge in [0.25, 0.3) is 0 Å². The Labute approximate surface area is 81.5 Å². The Morgan fingerprint density at radius 3 is 2.57 bits per heavy atom. The molecule has 0 radical (unpaired) electrons. The second kappa shape index (κ2) is 3.83. The Bertz CT molecular complexity index is 398. The van der Waals surface area contributed by atoms with Gasteiger partial charge in [0.1, 0.15) is 0 Å². The van der Waals surface area contributed by atoms with Crippen LogP contribution in [0.5, 0.6) is 17.4 Å². The number of hydrogen-bond donors (Lipinski definition) is 1. The first kappa shape index (κ1) is 8.62. The number of hydrogen-bond acceptors (Lipinski definition) is 3. The first-order chi connectivity index (χ1) is 6.90. The van der Waals surface area contributed by atoms with Crippen molar-refractivity contribution < 1.29 is 9.47 Å². The molecule has 0 aliphatic carbocycles. The maximum Gasteiger partial charge on any atom is 0.215 e. The van der Waals surface area contributed by atoms with Crippen LogP contribution in [-0.4, -0.2) is 17.3 Å². The molecular weight excluding hydrogens is 180 g/mol. The molecule has 0 aliphatic heterocycles. The summed E-state index contributed by atoms with van der Waals surface area (Å²) in [5.41, 5.74) is 0. The lowest BCUT2D eigenvalue weighted by atomic mass is 10.3. The molecular formula is C10H10N2O2. The van der Waals surface area contributed by atoms with E-state index in [1.807, 2.05) is 24.3 Å². The van der Waals surface area contributed by atoms with Gasteiger partial charge in [0, 0.05) is 6.07 Å². The number of benzene rings is 1. The number of para-hydroxylation sites is 2. The molecule has 2 aromatic rings. The summed E-state index contributed by atoms with van der Waals surface area (Å²) in [5.74, 6) is 1.95. The summed E-state index contributed by atoms with van der Waals surface area (Å²) in [6.45, 7) is 0. The number of rotatable bonds is 3. The smallest absolute Gasteiger partial charge is 0.215 e. The van der Waals surface area contributed by atoms with Gasteiger partial charge < -0.3 is 9.47 Å². The molecule has 4 heteroatoms. The van der Waals surface area contributed by atoms with Crippen molar-refractivity contribution in [3.63, 3.8) is 0 Å². The van der Waals surface area contributed by atoms with Crippen LogP contribution in [0.2, 0.25) is 0 Å². The van der Waals surface area contributed by atoms with Crippen molar-refractivity contribution in [3.05, 3.63) is 36.5 Å². The van der Waals surface area contributed by atoms with Gasteiger partial charge in [-0.3, -0.25) is 0 Å². The minimum atomic E-state index is 0.592. The Kier molecular flexibility index (Phi) is 2.36. The summed E-state index contributed by atoms with van der Waals surface area (Å²) in [6, 6.07) is 9.19. The SMILES string of the molecule is COc1ccccc1Oc1ccn[nH]1. The zero-order valence-electron chi connectivity index (χ0n) is 7.73. The van der Waals surface area contributed by atoms with E-state index in [4.69, 9.17) is 9.47 Å². The molecule has 0 spiro atoms. The van der Waals surface area contributed by atoms with Crippen molar-refractivity contribution in [2.75, 3.05) is 7.11 Å². The number of ether oxygens (including phenoxy) is 2. The molecule has 1 N–H and O–H groups in total. The average molecular weight is 190 g/mol. The van der Waals surface area contributed by atoms with Gasteiger partial charge >= 0.3 is 0 Å². The summed E-state index contributed by atoms with van der Waals surface area (Å²) >= 11 is 0. The van der Waals surface area contributed by atoms with E-state index in [0.717, 1.165) is 0 Å². The largest absolute Gasteiger partial charge is 0.493 e. The molecule has 14 heavy (non-hydrogen) atoms. The Morgan fingerprint density at radius 1 is 1.14 bits per heavy atom. The highest BCUT2D eigenvalue weighted by atomic mass is 16.5. The van der Waals surface area contributed by atoms with Crippen LogP contribution in [0, 0.1) is 0 Å². The Hall–Kier alpha value is -1.97. The van der Waals surface area contributed by atoms with Crippen LogP contribution in [0.15, 0.2) is 36.5 Å². The minimum Gasteiger partial charge on any atom is -0.493 e. The van der Waals surface area contributed by atoms with Gasteiger partial charge in [-0.1, -0.05) is 12.1 Å². The fraction of sp³-hybridized carbons (Fsp3) is 0.100. The molecule has 0 saturated carbocycles. The molecule has 1 aromatic heterocycles. The standard InChI is InChI=1S/C10H10N2O2/c1-13-8-4-2-3-5-9(8)14-10-6-7-11-12-10/h2-7H,1H3,(H,11,12). The van der Waals surface area contributed by atoms with Gasteiger partial charge in [0.2, 0.25) is 5.88 Å². The lowest BCUT2D eigenvalue weighted by Gasteiger charge is -2.07. The summed E-state index contributed by atoms with van der Waals surface area (Å²) in [5, 5.41) is 6.49. The third kappa shape index (κ3) is 1.69. The van der Waals surface area contributed by atoms with Crippen molar-refractivity contribution in [1.82, 2.24) is 10.2 Å². The molecule has 0 amide bonds. The van der Waals surface area contributed by atoms with E-state index >= 15 is 0 Å². The van der Waals surface area contributed by atoms with E-state index in [2.05, 4.69) is 10.2 Å². The predicted octanol–water partition coefficient (Wildman–Crippen LogP) is 2.21. The van der Waals surface area contributed by atoms with Crippen LogP contribution in [0.3, 0.4) is 0 Å². The van der Waals surface area contributed by atoms with E-state index in [1.165, 1.54) is 0 Å². The number of aromatic amines is 1. The minimum absolute atomic E-state index is 0.592. The number of aromatic nitrogens is 2. The zero-order valence-corrected chi connectivity index (χ0v) is 7.73. The van der Waals surface area contributed by atoms with Crippen LogP contribution in [-0.2, 0) is 0 Å². The molecule has 0 saturated heterocycles. The van der Waals surface area contributed by atoms with Crippen LogP contribution in [0.4, 0.5) is 0 Å². The molecule has 0 fully saturated rings. The molecule has 72 valence electrons. The number of methoxy groups -OCH3 is 1. The lowest BCUT2D eigenvalue weighted by molar-refractivity contribution is 0.374. The first-order valence-corrected chi connectivity index (χ1v) is 4.20. The molecule has 0 atom stereocenters. The number of nitrogens with zero attached hydrogens (tertiary/aromatic N) is 1. The normalized spacial score (nSPS) is 9.79. The highest BCUT2D eigenvalue weighted by Crippen LogP contribution is 2.29. The van der Waals surface area contributed by atoms with Gasteiger partial charge in [-0.05, 0) is 12.1 Å². The van der Waals surface area contributed by atoms with E-state index in [1.54, 1.807) is 19.4 Å². The summed E-state index contributed by atoms with van der Waals surface area (Å²) < 4.78 is 10.6. The number of nitrogens with one attached hydrogen (secondary N) is 1. The lowest BCUT2D eigenvalue weighted by Crippen LogP contribution is -1.89. The van der Waals surface area contributed by atoms with Crippen LogP contribution in [0.25, 0.3) is 0 Å². The van der Waals surface area contributed by atoms with Gasteiger partial charge in [0.15, 0.2) is 11.5 Å². The Balaban J connectivity index is 2.24. The molecule has 4 nitrogen and oxygen atoms in total. The summed E-state index contributed by atoms with van der Waals surface area (Å²) in [6.07, 6.45) is 1.63. The van der Waals surface area contributed by atoms with Crippen molar-refractivity contribution in [2.45, 2.75) is 0 Å². The fourth-order valence-corrected chi connectivity index (χ4v) is 1.12. The van der Waals surface area contributed by atoms with Crippen LogP contribution >= 0.6 is 0 Å². The maximum atomic E-state index is 5.50. The second-order valence-corrected chi connectivity index (χ2v) is 2.67. The van der Waals surface area contributed by atoms with Gasteiger partial charge in [-0.15, -0.1) is 0 Å². The zero-order chi connectivity index (χ0) is 9.80. The summed E-state index contributed by atoms with van der Waals surface area (Å²) in [7, 11) is 1.61. The molecule has 1 heterocycles. The van der Waals surface area contributed by atoms with Crippen molar-refractivity contribution in [1.29, 1.82) is 0 Å². The molecule has 0 aliphatic rings. The topological polar surface area (TPSA) is 47.1 Å². The van der Waals surface area contributed by atoms with Gasteiger partial charge in [0.05, 0.1) is 13.3 Å². The van der Waals surface area contributed by atoms with E-state index in [9.17, 15) is 0 Å². The highest BCUT2D eigenvalue weighted by molar-refractivity contribution is 5.41.